The Hall–Kier alpha value is -1.63. The Morgan fingerprint density at radius 2 is 1.56 bits per heavy atom. The lowest BCUT2D eigenvalue weighted by atomic mass is 9.85. The van der Waals surface area contributed by atoms with Crippen molar-refractivity contribution in [2.75, 3.05) is 0 Å². The van der Waals surface area contributed by atoms with Crippen molar-refractivity contribution in [3.63, 3.8) is 0 Å². The first kappa shape index (κ1) is 12.8. The van der Waals surface area contributed by atoms with Crippen LogP contribution < -0.4 is 0 Å². The first-order chi connectivity index (χ1) is 8.58. The van der Waals surface area contributed by atoms with E-state index in [-0.39, 0.29) is 0 Å². The molecule has 0 radical (unpaired) electrons. The van der Waals surface area contributed by atoms with Crippen LogP contribution in [0.25, 0.3) is 0 Å². The van der Waals surface area contributed by atoms with Crippen molar-refractivity contribution in [3.05, 3.63) is 65.0 Å². The quantitative estimate of drug-likeness (QED) is 0.769. The molecule has 0 saturated carbocycles. The summed E-state index contributed by atoms with van der Waals surface area (Å²) in [5.41, 5.74) is 4.92. The summed E-state index contributed by atoms with van der Waals surface area (Å²) >= 11 is 0. The van der Waals surface area contributed by atoms with E-state index in [1.807, 2.05) is 0 Å². The Morgan fingerprint density at radius 3 is 2.11 bits per heavy atom. The summed E-state index contributed by atoms with van der Waals surface area (Å²) in [5.74, 6) is 0.924. The molecule has 2 aromatic rings. The number of rotatable bonds is 3. The third-order valence-electron chi connectivity index (χ3n) is 3.33. The highest BCUT2D eigenvalue weighted by atomic mass is 14.7. The Bertz CT molecular complexity index is 511. The van der Waals surface area contributed by atoms with Gasteiger partial charge in [0.1, 0.15) is 0 Å². The zero-order valence-corrected chi connectivity index (χ0v) is 11.6. The van der Waals surface area contributed by atoms with Gasteiger partial charge in [-0.2, -0.15) is 0 Å². The van der Waals surface area contributed by atoms with Crippen LogP contribution in [0.2, 0.25) is 0 Å². The fourth-order valence-corrected chi connectivity index (χ4v) is 2.41. The number of hydrogen-bond acceptors (Lipinski definition) is 1. The Morgan fingerprint density at radius 1 is 0.889 bits per heavy atom. The molecule has 1 aromatic carbocycles. The Balaban J connectivity index is 2.43. The predicted octanol–water partition coefficient (Wildman–Crippen LogP) is 4.49. The van der Waals surface area contributed by atoms with Crippen LogP contribution in [0.4, 0.5) is 0 Å². The second kappa shape index (κ2) is 5.34. The molecule has 1 unspecified atom stereocenters. The van der Waals surface area contributed by atoms with Gasteiger partial charge in [0.05, 0.1) is 0 Å². The minimum absolute atomic E-state index is 0.380. The molecule has 0 bridgehead atoms. The van der Waals surface area contributed by atoms with E-state index in [2.05, 4.69) is 70.2 Å². The number of aromatic nitrogens is 1. The molecule has 0 fully saturated rings. The van der Waals surface area contributed by atoms with E-state index in [4.69, 9.17) is 4.98 Å². The summed E-state index contributed by atoms with van der Waals surface area (Å²) < 4.78 is 0. The summed E-state index contributed by atoms with van der Waals surface area (Å²) in [6.45, 7) is 8.69. The third-order valence-corrected chi connectivity index (χ3v) is 3.33. The maximum Gasteiger partial charge on any atom is 0.0484 e. The number of benzene rings is 1. The molecule has 0 amide bonds. The van der Waals surface area contributed by atoms with Gasteiger partial charge in [-0.3, -0.25) is 4.98 Å². The van der Waals surface area contributed by atoms with Gasteiger partial charge in [-0.05, 0) is 37.5 Å². The molecular weight excluding hydrogens is 218 g/mol. The lowest BCUT2D eigenvalue weighted by Crippen LogP contribution is -2.10. The van der Waals surface area contributed by atoms with Crippen molar-refractivity contribution in [1.29, 1.82) is 0 Å². The van der Waals surface area contributed by atoms with Crippen LogP contribution in [0.1, 0.15) is 42.3 Å². The van der Waals surface area contributed by atoms with E-state index >= 15 is 0 Å². The third kappa shape index (κ3) is 2.79. The van der Waals surface area contributed by atoms with Gasteiger partial charge in [0.15, 0.2) is 0 Å². The zero-order valence-electron chi connectivity index (χ0n) is 11.6. The van der Waals surface area contributed by atoms with E-state index in [0.717, 1.165) is 5.69 Å². The maximum atomic E-state index is 4.69. The Labute approximate surface area is 110 Å². The predicted molar refractivity (Wildman–Crippen MR) is 76.8 cm³/mol. The molecule has 1 aromatic heterocycles. The highest BCUT2D eigenvalue weighted by Gasteiger charge is 2.19. The molecule has 0 aliphatic rings. The molecule has 0 N–H and O–H groups in total. The summed E-state index contributed by atoms with van der Waals surface area (Å²) in [5, 5.41) is 0. The van der Waals surface area contributed by atoms with Gasteiger partial charge >= 0.3 is 0 Å². The number of hydrogen-bond donors (Lipinski definition) is 0. The first-order valence-corrected chi connectivity index (χ1v) is 6.58. The normalized spacial score (nSPS) is 12.7. The molecule has 94 valence electrons. The fourth-order valence-electron chi connectivity index (χ4n) is 2.41. The van der Waals surface area contributed by atoms with Gasteiger partial charge < -0.3 is 0 Å². The fraction of sp³-hybridized carbons (Fsp3) is 0.353. The van der Waals surface area contributed by atoms with Crippen molar-refractivity contribution >= 4 is 0 Å². The van der Waals surface area contributed by atoms with Gasteiger partial charge in [0.25, 0.3) is 0 Å². The van der Waals surface area contributed by atoms with Gasteiger partial charge in [0.2, 0.25) is 0 Å². The second-order valence-electron chi connectivity index (χ2n) is 5.34. The van der Waals surface area contributed by atoms with Gasteiger partial charge in [-0.25, -0.2) is 0 Å². The smallest absolute Gasteiger partial charge is 0.0484 e. The standard InChI is InChI=1S/C17H21N/c1-12(2)17(15-10-8-13(3)9-11-15)16-7-5-6-14(4)18-16/h5-12,17H,1-4H3. The van der Waals surface area contributed by atoms with Gasteiger partial charge in [-0.1, -0.05) is 49.7 Å². The van der Waals surface area contributed by atoms with Crippen LogP contribution in [-0.4, -0.2) is 4.98 Å². The number of aryl methyl sites for hydroxylation is 2. The molecule has 0 saturated heterocycles. The maximum absolute atomic E-state index is 4.69. The molecule has 18 heavy (non-hydrogen) atoms. The monoisotopic (exact) mass is 239 g/mol. The van der Waals surface area contributed by atoms with Crippen LogP contribution in [0.3, 0.4) is 0 Å². The highest BCUT2D eigenvalue weighted by Crippen LogP contribution is 2.30. The van der Waals surface area contributed by atoms with E-state index in [1.165, 1.54) is 16.8 Å². The summed E-state index contributed by atoms with van der Waals surface area (Å²) in [7, 11) is 0. The topological polar surface area (TPSA) is 12.9 Å². The molecule has 1 heterocycles. The summed E-state index contributed by atoms with van der Waals surface area (Å²) in [6.07, 6.45) is 0. The molecule has 2 rings (SSSR count). The minimum Gasteiger partial charge on any atom is -0.258 e. The SMILES string of the molecule is Cc1ccc(C(c2cccc(C)n2)C(C)C)cc1. The van der Waals surface area contributed by atoms with E-state index in [9.17, 15) is 0 Å². The lowest BCUT2D eigenvalue weighted by molar-refractivity contribution is 0.551. The lowest BCUT2D eigenvalue weighted by Gasteiger charge is -2.21. The number of pyridine rings is 1. The Kier molecular flexibility index (Phi) is 3.81. The molecule has 0 aliphatic carbocycles. The van der Waals surface area contributed by atoms with Crippen LogP contribution in [0.5, 0.6) is 0 Å². The van der Waals surface area contributed by atoms with Crippen LogP contribution in [0, 0.1) is 19.8 Å². The molecular formula is C17H21N. The van der Waals surface area contributed by atoms with Crippen LogP contribution in [0.15, 0.2) is 42.5 Å². The molecule has 1 atom stereocenters. The van der Waals surface area contributed by atoms with Crippen molar-refractivity contribution in [3.8, 4) is 0 Å². The molecule has 1 nitrogen and oxygen atoms in total. The van der Waals surface area contributed by atoms with Gasteiger partial charge in [-0.15, -0.1) is 0 Å². The average Bonchev–Trinajstić information content (AvgIpc) is 2.32. The van der Waals surface area contributed by atoms with Crippen molar-refractivity contribution in [2.45, 2.75) is 33.6 Å². The average molecular weight is 239 g/mol. The van der Waals surface area contributed by atoms with Crippen LogP contribution in [-0.2, 0) is 0 Å². The second-order valence-corrected chi connectivity index (χ2v) is 5.34. The highest BCUT2D eigenvalue weighted by molar-refractivity contribution is 5.31. The largest absolute Gasteiger partial charge is 0.258 e. The molecule has 0 spiro atoms. The zero-order chi connectivity index (χ0) is 13.1. The van der Waals surface area contributed by atoms with Crippen molar-refractivity contribution in [2.24, 2.45) is 5.92 Å². The summed E-state index contributed by atoms with van der Waals surface area (Å²) in [4.78, 5) is 4.69. The van der Waals surface area contributed by atoms with Crippen molar-refractivity contribution < 1.29 is 0 Å². The van der Waals surface area contributed by atoms with E-state index in [0.29, 0.717) is 11.8 Å². The van der Waals surface area contributed by atoms with E-state index in [1.54, 1.807) is 0 Å². The molecule has 0 aliphatic heterocycles. The minimum atomic E-state index is 0.380. The molecule has 1 heteroatoms. The first-order valence-electron chi connectivity index (χ1n) is 6.58. The summed E-state index contributed by atoms with van der Waals surface area (Å²) in [6, 6.07) is 15.1. The van der Waals surface area contributed by atoms with E-state index < -0.39 is 0 Å². The number of nitrogens with zero attached hydrogens (tertiary/aromatic N) is 1. The van der Waals surface area contributed by atoms with Gasteiger partial charge in [0, 0.05) is 17.3 Å². The van der Waals surface area contributed by atoms with Crippen LogP contribution >= 0.6 is 0 Å². The van der Waals surface area contributed by atoms with Crippen molar-refractivity contribution in [1.82, 2.24) is 4.98 Å².